The van der Waals surface area contributed by atoms with Gasteiger partial charge in [-0.05, 0) is 23.8 Å². The standard InChI is InChI=1S/C22H16F2N2O/c23-16-10-6-11-17(24)21(16)22-26-19(15-9-4-5-12-20(15)27-22)13-18(25-26)14-7-2-1-3-8-14/h1-12,19,22H,13H2/t19-,22+/m0/s1. The van der Waals surface area contributed by atoms with E-state index in [-0.39, 0.29) is 11.6 Å². The molecule has 2 aliphatic rings. The van der Waals surface area contributed by atoms with Crippen LogP contribution >= 0.6 is 0 Å². The fourth-order valence-corrected chi connectivity index (χ4v) is 3.78. The number of fused-ring (bicyclic) bond motifs is 3. The first-order chi connectivity index (χ1) is 13.2. The second-order valence-corrected chi connectivity index (χ2v) is 6.66. The number of para-hydroxylation sites is 1. The summed E-state index contributed by atoms with van der Waals surface area (Å²) < 4.78 is 35.0. The molecule has 3 aromatic carbocycles. The first kappa shape index (κ1) is 16.0. The highest BCUT2D eigenvalue weighted by atomic mass is 19.1. The summed E-state index contributed by atoms with van der Waals surface area (Å²) >= 11 is 0. The van der Waals surface area contributed by atoms with Crippen molar-refractivity contribution in [2.75, 3.05) is 0 Å². The molecule has 0 amide bonds. The molecule has 5 rings (SSSR count). The molecule has 134 valence electrons. The maximum atomic E-state index is 14.5. The van der Waals surface area contributed by atoms with E-state index in [0.29, 0.717) is 12.2 Å². The number of benzene rings is 3. The molecule has 0 saturated heterocycles. The van der Waals surface area contributed by atoms with Gasteiger partial charge in [-0.3, -0.25) is 0 Å². The molecule has 3 aromatic rings. The van der Waals surface area contributed by atoms with Gasteiger partial charge in [-0.2, -0.15) is 5.10 Å². The van der Waals surface area contributed by atoms with Crippen LogP contribution in [0.2, 0.25) is 0 Å². The van der Waals surface area contributed by atoms with Crippen molar-refractivity contribution in [2.45, 2.75) is 18.7 Å². The molecule has 2 atom stereocenters. The van der Waals surface area contributed by atoms with Crippen LogP contribution in [0.1, 0.15) is 35.4 Å². The second kappa shape index (κ2) is 6.20. The van der Waals surface area contributed by atoms with E-state index in [2.05, 4.69) is 0 Å². The molecule has 0 bridgehead atoms. The molecule has 2 aliphatic heterocycles. The number of hydrogen-bond donors (Lipinski definition) is 0. The van der Waals surface area contributed by atoms with Crippen LogP contribution in [0.4, 0.5) is 8.78 Å². The van der Waals surface area contributed by atoms with Crippen LogP contribution in [0.5, 0.6) is 5.75 Å². The van der Waals surface area contributed by atoms with E-state index < -0.39 is 17.9 Å². The summed E-state index contributed by atoms with van der Waals surface area (Å²) in [6.07, 6.45) is -0.302. The Hall–Kier alpha value is -3.21. The molecule has 0 spiro atoms. The Balaban J connectivity index is 1.65. The van der Waals surface area contributed by atoms with Crippen LogP contribution in [0.15, 0.2) is 77.9 Å². The van der Waals surface area contributed by atoms with Gasteiger partial charge in [0, 0.05) is 12.0 Å². The van der Waals surface area contributed by atoms with Crippen LogP contribution in [-0.2, 0) is 0 Å². The van der Waals surface area contributed by atoms with E-state index in [9.17, 15) is 8.78 Å². The van der Waals surface area contributed by atoms with Crippen molar-refractivity contribution < 1.29 is 13.5 Å². The quantitative estimate of drug-likeness (QED) is 0.625. The van der Waals surface area contributed by atoms with Crippen molar-refractivity contribution in [3.05, 3.63) is 101 Å². The van der Waals surface area contributed by atoms with E-state index in [1.54, 1.807) is 5.01 Å². The Morgan fingerprint density at radius 3 is 2.33 bits per heavy atom. The normalized spacial score (nSPS) is 20.5. The van der Waals surface area contributed by atoms with Gasteiger partial charge in [0.25, 0.3) is 0 Å². The topological polar surface area (TPSA) is 24.8 Å². The van der Waals surface area contributed by atoms with Crippen molar-refractivity contribution in [3.63, 3.8) is 0 Å². The van der Waals surface area contributed by atoms with Crippen molar-refractivity contribution in [1.29, 1.82) is 0 Å². The Bertz CT molecular complexity index is 1020. The highest BCUT2D eigenvalue weighted by molar-refractivity contribution is 6.01. The molecule has 0 saturated carbocycles. The largest absolute Gasteiger partial charge is 0.464 e. The van der Waals surface area contributed by atoms with Crippen molar-refractivity contribution >= 4 is 5.71 Å². The van der Waals surface area contributed by atoms with E-state index in [1.165, 1.54) is 18.2 Å². The molecular weight excluding hydrogens is 346 g/mol. The molecule has 0 radical (unpaired) electrons. The van der Waals surface area contributed by atoms with Gasteiger partial charge in [0.15, 0.2) is 0 Å². The number of rotatable bonds is 2. The summed E-state index contributed by atoms with van der Waals surface area (Å²) in [5.41, 5.74) is 2.73. The fourth-order valence-electron chi connectivity index (χ4n) is 3.78. The Morgan fingerprint density at radius 2 is 1.56 bits per heavy atom. The van der Waals surface area contributed by atoms with Gasteiger partial charge >= 0.3 is 0 Å². The highest BCUT2D eigenvalue weighted by Gasteiger charge is 2.42. The van der Waals surface area contributed by atoms with Crippen LogP contribution in [0.25, 0.3) is 0 Å². The molecule has 0 unspecified atom stereocenters. The summed E-state index contributed by atoms with van der Waals surface area (Å²) in [6.45, 7) is 0. The van der Waals surface area contributed by atoms with Gasteiger partial charge < -0.3 is 4.74 Å². The maximum absolute atomic E-state index is 14.5. The molecule has 0 N–H and O–H groups in total. The molecule has 27 heavy (non-hydrogen) atoms. The minimum Gasteiger partial charge on any atom is -0.464 e. The lowest BCUT2D eigenvalue weighted by atomic mass is 9.96. The smallest absolute Gasteiger partial charge is 0.219 e. The average Bonchev–Trinajstić information content (AvgIpc) is 3.14. The van der Waals surface area contributed by atoms with E-state index in [0.717, 1.165) is 16.8 Å². The summed E-state index contributed by atoms with van der Waals surface area (Å²) in [4.78, 5) is 0. The molecule has 0 fully saturated rings. The first-order valence-corrected chi connectivity index (χ1v) is 8.83. The zero-order valence-electron chi connectivity index (χ0n) is 14.3. The second-order valence-electron chi connectivity index (χ2n) is 6.66. The molecular formula is C22H16F2N2O. The lowest BCUT2D eigenvalue weighted by Gasteiger charge is -2.38. The van der Waals surface area contributed by atoms with Crippen LogP contribution < -0.4 is 4.74 Å². The lowest BCUT2D eigenvalue weighted by molar-refractivity contribution is -0.0234. The third-order valence-electron chi connectivity index (χ3n) is 5.05. The molecule has 0 aliphatic carbocycles. The molecule has 2 heterocycles. The molecule has 0 aromatic heterocycles. The zero-order chi connectivity index (χ0) is 18.4. The van der Waals surface area contributed by atoms with Gasteiger partial charge in [0.05, 0.1) is 17.3 Å². The van der Waals surface area contributed by atoms with E-state index in [1.807, 2.05) is 54.6 Å². The Morgan fingerprint density at radius 1 is 0.852 bits per heavy atom. The summed E-state index contributed by atoms with van der Waals surface area (Å²) in [6, 6.07) is 21.1. The Kier molecular flexibility index (Phi) is 3.67. The highest BCUT2D eigenvalue weighted by Crippen LogP contribution is 2.48. The number of ether oxygens (including phenoxy) is 1. The Labute approximate surface area is 155 Å². The minimum atomic E-state index is -0.952. The number of hydrazone groups is 1. The third-order valence-corrected chi connectivity index (χ3v) is 5.05. The molecule has 3 nitrogen and oxygen atoms in total. The average molecular weight is 362 g/mol. The third kappa shape index (κ3) is 2.58. The van der Waals surface area contributed by atoms with Crippen molar-refractivity contribution in [2.24, 2.45) is 5.10 Å². The van der Waals surface area contributed by atoms with Gasteiger partial charge in [-0.1, -0.05) is 54.6 Å². The monoisotopic (exact) mass is 362 g/mol. The lowest BCUT2D eigenvalue weighted by Crippen LogP contribution is -2.34. The van der Waals surface area contributed by atoms with Gasteiger partial charge in [0.1, 0.15) is 17.4 Å². The predicted molar refractivity (Wildman–Crippen MR) is 98.3 cm³/mol. The fraction of sp³-hybridized carbons (Fsp3) is 0.136. The van der Waals surface area contributed by atoms with Gasteiger partial charge in [-0.25, -0.2) is 13.8 Å². The number of hydrogen-bond acceptors (Lipinski definition) is 3. The summed E-state index contributed by atoms with van der Waals surface area (Å²) in [5.74, 6) is -0.640. The predicted octanol–water partition coefficient (Wildman–Crippen LogP) is 5.21. The van der Waals surface area contributed by atoms with Crippen LogP contribution in [-0.4, -0.2) is 10.7 Å². The van der Waals surface area contributed by atoms with Gasteiger partial charge in [-0.15, -0.1) is 0 Å². The van der Waals surface area contributed by atoms with E-state index in [4.69, 9.17) is 9.84 Å². The minimum absolute atomic E-state index is 0.116. The zero-order valence-corrected chi connectivity index (χ0v) is 14.3. The first-order valence-electron chi connectivity index (χ1n) is 8.83. The van der Waals surface area contributed by atoms with Crippen LogP contribution in [0.3, 0.4) is 0 Å². The summed E-state index contributed by atoms with van der Waals surface area (Å²) in [5, 5.41) is 6.40. The molecule has 5 heteroatoms. The SMILES string of the molecule is Fc1cccc(F)c1[C@H]1Oc2ccccc2[C@@H]2CC(c3ccccc3)=NN12. The van der Waals surface area contributed by atoms with E-state index >= 15 is 0 Å². The summed E-state index contributed by atoms with van der Waals surface area (Å²) in [7, 11) is 0. The number of halogens is 2. The van der Waals surface area contributed by atoms with Crippen molar-refractivity contribution in [3.8, 4) is 5.75 Å². The maximum Gasteiger partial charge on any atom is 0.219 e. The van der Waals surface area contributed by atoms with Crippen LogP contribution in [0, 0.1) is 11.6 Å². The van der Waals surface area contributed by atoms with Gasteiger partial charge in [0.2, 0.25) is 6.23 Å². The van der Waals surface area contributed by atoms with Crippen molar-refractivity contribution in [1.82, 2.24) is 5.01 Å². The number of nitrogens with zero attached hydrogens (tertiary/aromatic N) is 2.